The highest BCUT2D eigenvalue weighted by Gasteiger charge is 2.34. The number of rotatable bonds is 4. The van der Waals surface area contributed by atoms with Gasteiger partial charge < -0.3 is 24.4 Å². The molecule has 0 bridgehead atoms. The van der Waals surface area contributed by atoms with E-state index in [0.29, 0.717) is 6.04 Å². The van der Waals surface area contributed by atoms with E-state index in [2.05, 4.69) is 22.0 Å². The van der Waals surface area contributed by atoms with Crippen molar-refractivity contribution in [2.24, 2.45) is 4.99 Å². The summed E-state index contributed by atoms with van der Waals surface area (Å²) in [6.45, 7) is 10.2. The molecule has 0 radical (unpaired) electrons. The molecule has 7 heteroatoms. The normalized spacial score (nSPS) is 36.3. The van der Waals surface area contributed by atoms with E-state index in [4.69, 9.17) is 19.2 Å². The Kier molecular flexibility index (Phi) is 6.30. The van der Waals surface area contributed by atoms with Crippen LogP contribution in [0.2, 0.25) is 0 Å². The summed E-state index contributed by atoms with van der Waals surface area (Å²) >= 11 is 0. The Labute approximate surface area is 157 Å². The molecule has 4 aliphatic rings. The Morgan fingerprint density at radius 1 is 1.04 bits per heavy atom. The van der Waals surface area contributed by atoms with Crippen molar-refractivity contribution < 1.29 is 14.2 Å². The zero-order valence-electron chi connectivity index (χ0n) is 16.1. The minimum absolute atomic E-state index is 0.159. The number of nitrogens with one attached hydrogen (secondary N) is 1. The maximum Gasteiger partial charge on any atom is 0.194 e. The molecular weight excluding hydrogens is 332 g/mol. The van der Waals surface area contributed by atoms with Gasteiger partial charge in [-0.05, 0) is 39.2 Å². The summed E-state index contributed by atoms with van der Waals surface area (Å²) in [5, 5.41) is 3.46. The molecule has 1 N–H and O–H groups in total. The number of aliphatic imine (C=N–C) groups is 1. The fourth-order valence-corrected chi connectivity index (χ4v) is 4.60. The van der Waals surface area contributed by atoms with Crippen LogP contribution in [-0.2, 0) is 14.2 Å². The standard InChI is InChI=1S/C19H34N4O3/c1-2-20-19(21-11-16-12-22-7-3-5-15(22)14-26-16)23-8-10-25-18(13-23)17-6-4-9-24-17/h15-18H,2-14H2,1H3,(H,20,21). The summed E-state index contributed by atoms with van der Waals surface area (Å²) in [7, 11) is 0. The van der Waals surface area contributed by atoms with Crippen LogP contribution in [0.15, 0.2) is 4.99 Å². The van der Waals surface area contributed by atoms with E-state index in [1.54, 1.807) is 0 Å². The highest BCUT2D eigenvalue weighted by molar-refractivity contribution is 5.80. The molecule has 7 nitrogen and oxygen atoms in total. The van der Waals surface area contributed by atoms with E-state index in [0.717, 1.165) is 71.3 Å². The summed E-state index contributed by atoms with van der Waals surface area (Å²) in [6, 6.07) is 0.648. The molecule has 0 amide bonds. The molecule has 0 aromatic carbocycles. The minimum atomic E-state index is 0.159. The summed E-state index contributed by atoms with van der Waals surface area (Å²) in [5.41, 5.74) is 0. The number of hydrogen-bond acceptors (Lipinski definition) is 5. The second-order valence-corrected chi connectivity index (χ2v) is 7.85. The van der Waals surface area contributed by atoms with Crippen LogP contribution in [0.25, 0.3) is 0 Å². The number of fused-ring (bicyclic) bond motifs is 1. The van der Waals surface area contributed by atoms with Crippen molar-refractivity contribution in [1.29, 1.82) is 0 Å². The first-order valence-electron chi connectivity index (χ1n) is 10.5. The van der Waals surface area contributed by atoms with E-state index in [-0.39, 0.29) is 18.3 Å². The maximum absolute atomic E-state index is 6.07. The van der Waals surface area contributed by atoms with E-state index < -0.39 is 0 Å². The van der Waals surface area contributed by atoms with Crippen LogP contribution in [0.5, 0.6) is 0 Å². The summed E-state index contributed by atoms with van der Waals surface area (Å²) in [4.78, 5) is 9.84. The highest BCUT2D eigenvalue weighted by Crippen LogP contribution is 2.23. The third-order valence-electron chi connectivity index (χ3n) is 6.01. The lowest BCUT2D eigenvalue weighted by Gasteiger charge is -2.38. The van der Waals surface area contributed by atoms with E-state index >= 15 is 0 Å². The fraction of sp³-hybridized carbons (Fsp3) is 0.947. The third kappa shape index (κ3) is 4.32. The van der Waals surface area contributed by atoms with Gasteiger partial charge in [0.1, 0.15) is 6.10 Å². The van der Waals surface area contributed by atoms with Crippen LogP contribution in [0.3, 0.4) is 0 Å². The van der Waals surface area contributed by atoms with Crippen LogP contribution >= 0.6 is 0 Å². The molecular formula is C19H34N4O3. The molecule has 4 aliphatic heterocycles. The van der Waals surface area contributed by atoms with E-state index in [1.807, 2.05) is 0 Å². The quantitative estimate of drug-likeness (QED) is 0.584. The van der Waals surface area contributed by atoms with Gasteiger partial charge in [0.05, 0.1) is 32.0 Å². The lowest BCUT2D eigenvalue weighted by Crippen LogP contribution is -2.53. The fourth-order valence-electron chi connectivity index (χ4n) is 4.60. The van der Waals surface area contributed by atoms with Crippen LogP contribution in [-0.4, -0.2) is 99.2 Å². The van der Waals surface area contributed by atoms with E-state index in [1.165, 1.54) is 19.4 Å². The van der Waals surface area contributed by atoms with Crippen molar-refractivity contribution in [2.75, 3.05) is 59.1 Å². The van der Waals surface area contributed by atoms with E-state index in [9.17, 15) is 0 Å². The minimum Gasteiger partial charge on any atom is -0.375 e. The predicted octanol–water partition coefficient (Wildman–Crippen LogP) is 0.695. The Hall–Kier alpha value is -0.890. The topological polar surface area (TPSA) is 58.6 Å². The number of hydrogen-bond donors (Lipinski definition) is 1. The van der Waals surface area contributed by atoms with Gasteiger partial charge in [0, 0.05) is 38.8 Å². The zero-order valence-corrected chi connectivity index (χ0v) is 16.1. The molecule has 4 heterocycles. The first-order valence-corrected chi connectivity index (χ1v) is 10.5. The van der Waals surface area contributed by atoms with Gasteiger partial charge in [0.15, 0.2) is 5.96 Å². The number of morpholine rings is 2. The summed E-state index contributed by atoms with van der Waals surface area (Å²) < 4.78 is 17.9. The molecule has 0 aromatic heterocycles. The smallest absolute Gasteiger partial charge is 0.194 e. The van der Waals surface area contributed by atoms with Gasteiger partial charge in [-0.25, -0.2) is 0 Å². The van der Waals surface area contributed by atoms with Crippen LogP contribution < -0.4 is 5.32 Å². The van der Waals surface area contributed by atoms with Crippen molar-refractivity contribution in [3.8, 4) is 0 Å². The first kappa shape index (κ1) is 18.5. The Morgan fingerprint density at radius 2 is 1.96 bits per heavy atom. The Bertz CT molecular complexity index is 483. The van der Waals surface area contributed by atoms with Crippen molar-refractivity contribution in [2.45, 2.75) is 57.0 Å². The number of ether oxygens (including phenoxy) is 3. The molecule has 148 valence electrons. The van der Waals surface area contributed by atoms with Crippen LogP contribution in [0.4, 0.5) is 0 Å². The van der Waals surface area contributed by atoms with Gasteiger partial charge in [-0.1, -0.05) is 0 Å². The van der Waals surface area contributed by atoms with Gasteiger partial charge in [-0.15, -0.1) is 0 Å². The SMILES string of the molecule is CCNC(=NCC1CN2CCCC2CO1)N1CCOC(C2CCCO2)C1. The maximum atomic E-state index is 6.07. The lowest BCUT2D eigenvalue weighted by atomic mass is 10.1. The van der Waals surface area contributed by atoms with Gasteiger partial charge in [-0.3, -0.25) is 9.89 Å². The molecule has 4 saturated heterocycles. The van der Waals surface area contributed by atoms with Crippen molar-refractivity contribution in [1.82, 2.24) is 15.1 Å². The van der Waals surface area contributed by atoms with Crippen LogP contribution in [0, 0.1) is 0 Å². The largest absolute Gasteiger partial charge is 0.375 e. The number of nitrogens with zero attached hydrogens (tertiary/aromatic N) is 3. The average Bonchev–Trinajstić information content (AvgIpc) is 3.36. The average molecular weight is 367 g/mol. The van der Waals surface area contributed by atoms with Crippen molar-refractivity contribution in [3.63, 3.8) is 0 Å². The molecule has 4 rings (SSSR count). The molecule has 26 heavy (non-hydrogen) atoms. The zero-order chi connectivity index (χ0) is 17.8. The Morgan fingerprint density at radius 3 is 2.81 bits per heavy atom. The van der Waals surface area contributed by atoms with Gasteiger partial charge in [0.2, 0.25) is 0 Å². The molecule has 0 saturated carbocycles. The van der Waals surface area contributed by atoms with Gasteiger partial charge >= 0.3 is 0 Å². The summed E-state index contributed by atoms with van der Waals surface area (Å²) in [5.74, 6) is 0.992. The van der Waals surface area contributed by atoms with Crippen molar-refractivity contribution in [3.05, 3.63) is 0 Å². The first-order chi connectivity index (χ1) is 12.8. The highest BCUT2D eigenvalue weighted by atomic mass is 16.5. The van der Waals surface area contributed by atoms with Gasteiger partial charge in [0.25, 0.3) is 0 Å². The molecule has 4 unspecified atom stereocenters. The summed E-state index contributed by atoms with van der Waals surface area (Å²) in [6.07, 6.45) is 5.48. The predicted molar refractivity (Wildman–Crippen MR) is 101 cm³/mol. The van der Waals surface area contributed by atoms with Crippen LogP contribution in [0.1, 0.15) is 32.6 Å². The molecule has 0 aliphatic carbocycles. The van der Waals surface area contributed by atoms with Crippen molar-refractivity contribution >= 4 is 5.96 Å². The Balaban J connectivity index is 1.34. The molecule has 4 atom stereocenters. The third-order valence-corrected chi connectivity index (χ3v) is 6.01. The second-order valence-electron chi connectivity index (χ2n) is 7.85. The van der Waals surface area contributed by atoms with Gasteiger partial charge in [-0.2, -0.15) is 0 Å². The molecule has 0 aromatic rings. The monoisotopic (exact) mass is 366 g/mol. The number of guanidine groups is 1. The second kappa shape index (κ2) is 8.87. The molecule has 0 spiro atoms. The molecule has 4 fully saturated rings. The lowest BCUT2D eigenvalue weighted by molar-refractivity contribution is -0.0818.